The van der Waals surface area contributed by atoms with Gasteiger partial charge in [0.15, 0.2) is 0 Å². The average Bonchev–Trinajstić information content (AvgIpc) is 2.77. The number of hydrogen-bond acceptors (Lipinski definition) is 6. The van der Waals surface area contributed by atoms with Gasteiger partial charge >= 0.3 is 0 Å². The summed E-state index contributed by atoms with van der Waals surface area (Å²) >= 11 is 0. The van der Waals surface area contributed by atoms with Crippen LogP contribution in [0.25, 0.3) is 0 Å². The number of nitrogens with one attached hydrogen (secondary N) is 2. The number of morpholine rings is 1. The maximum atomic E-state index is 12.2. The molecular formula is C22H24N4O3. The SMILES string of the molecule is N#C/C(=C/Nc1ccc(Oc2ccccc2)cc1)C(=O)NCCN1CCOCC1. The molecule has 0 atom stereocenters. The summed E-state index contributed by atoms with van der Waals surface area (Å²) < 4.78 is 11.0. The quantitative estimate of drug-likeness (QED) is 0.531. The lowest BCUT2D eigenvalue weighted by Gasteiger charge is -2.26. The van der Waals surface area contributed by atoms with Crippen LogP contribution in [0.5, 0.6) is 11.5 Å². The van der Waals surface area contributed by atoms with Gasteiger partial charge in [0.25, 0.3) is 5.91 Å². The Morgan fingerprint density at radius 1 is 1.10 bits per heavy atom. The van der Waals surface area contributed by atoms with E-state index in [-0.39, 0.29) is 5.57 Å². The van der Waals surface area contributed by atoms with Crippen molar-refractivity contribution in [1.82, 2.24) is 10.2 Å². The number of rotatable bonds is 8. The van der Waals surface area contributed by atoms with E-state index in [1.165, 1.54) is 6.20 Å². The molecule has 1 fully saturated rings. The van der Waals surface area contributed by atoms with Gasteiger partial charge in [0.05, 0.1) is 13.2 Å². The van der Waals surface area contributed by atoms with Gasteiger partial charge in [0.1, 0.15) is 23.1 Å². The minimum atomic E-state index is -0.391. The molecule has 7 nitrogen and oxygen atoms in total. The molecule has 1 amide bonds. The van der Waals surface area contributed by atoms with Crippen LogP contribution in [-0.4, -0.2) is 50.2 Å². The number of benzene rings is 2. The van der Waals surface area contributed by atoms with Gasteiger partial charge in [0.2, 0.25) is 0 Å². The molecule has 1 aliphatic rings. The summed E-state index contributed by atoms with van der Waals surface area (Å²) in [5.41, 5.74) is 0.774. The van der Waals surface area contributed by atoms with Crippen LogP contribution in [0, 0.1) is 11.3 Å². The number of para-hydroxylation sites is 1. The van der Waals surface area contributed by atoms with Crippen molar-refractivity contribution in [3.63, 3.8) is 0 Å². The van der Waals surface area contributed by atoms with Crippen molar-refractivity contribution in [1.29, 1.82) is 5.26 Å². The lowest BCUT2D eigenvalue weighted by atomic mass is 10.2. The largest absolute Gasteiger partial charge is 0.457 e. The summed E-state index contributed by atoms with van der Waals surface area (Å²) in [4.78, 5) is 14.4. The molecule has 2 N–H and O–H groups in total. The molecule has 29 heavy (non-hydrogen) atoms. The average molecular weight is 392 g/mol. The number of carbonyl (C=O) groups is 1. The van der Waals surface area contributed by atoms with Gasteiger partial charge in [-0.2, -0.15) is 5.26 Å². The van der Waals surface area contributed by atoms with Gasteiger partial charge in [-0.05, 0) is 36.4 Å². The summed E-state index contributed by atoms with van der Waals surface area (Å²) in [6.45, 7) is 4.39. The van der Waals surface area contributed by atoms with Crippen molar-refractivity contribution in [2.24, 2.45) is 0 Å². The molecule has 0 aliphatic carbocycles. The van der Waals surface area contributed by atoms with E-state index in [0.29, 0.717) is 12.3 Å². The van der Waals surface area contributed by atoms with Gasteiger partial charge in [-0.3, -0.25) is 9.69 Å². The second kappa shape index (κ2) is 10.9. The summed E-state index contributed by atoms with van der Waals surface area (Å²) in [7, 11) is 0. The number of amides is 1. The van der Waals surface area contributed by atoms with E-state index < -0.39 is 5.91 Å². The van der Waals surface area contributed by atoms with E-state index in [1.54, 1.807) is 0 Å². The predicted molar refractivity (Wildman–Crippen MR) is 111 cm³/mol. The Balaban J connectivity index is 1.47. The van der Waals surface area contributed by atoms with Crippen molar-refractivity contribution < 1.29 is 14.3 Å². The molecule has 0 unspecified atom stereocenters. The van der Waals surface area contributed by atoms with Crippen LogP contribution < -0.4 is 15.4 Å². The third kappa shape index (κ3) is 6.64. The van der Waals surface area contributed by atoms with Crippen molar-refractivity contribution >= 4 is 11.6 Å². The third-order valence-corrected chi connectivity index (χ3v) is 4.40. The Morgan fingerprint density at radius 3 is 2.48 bits per heavy atom. The van der Waals surface area contributed by atoms with Gasteiger partial charge in [-0.25, -0.2) is 0 Å². The molecule has 1 aliphatic heterocycles. The number of hydrogen-bond donors (Lipinski definition) is 2. The maximum Gasteiger partial charge on any atom is 0.263 e. The summed E-state index contributed by atoms with van der Waals surface area (Å²) in [6.07, 6.45) is 1.41. The molecule has 2 aromatic rings. The monoisotopic (exact) mass is 392 g/mol. The Hall–Kier alpha value is -3.34. The minimum Gasteiger partial charge on any atom is -0.457 e. The zero-order valence-corrected chi connectivity index (χ0v) is 16.1. The van der Waals surface area contributed by atoms with Crippen LogP contribution in [0.4, 0.5) is 5.69 Å². The molecule has 0 bridgehead atoms. The van der Waals surface area contributed by atoms with E-state index in [1.807, 2.05) is 60.7 Å². The lowest BCUT2D eigenvalue weighted by Crippen LogP contribution is -2.41. The fraction of sp³-hybridized carbons (Fsp3) is 0.273. The van der Waals surface area contributed by atoms with E-state index in [2.05, 4.69) is 15.5 Å². The molecule has 2 aromatic carbocycles. The van der Waals surface area contributed by atoms with Crippen LogP contribution in [0.1, 0.15) is 0 Å². The normalized spacial score (nSPS) is 14.7. The van der Waals surface area contributed by atoms with E-state index in [4.69, 9.17) is 9.47 Å². The molecule has 3 rings (SSSR count). The molecule has 0 radical (unpaired) electrons. The van der Waals surface area contributed by atoms with Crippen LogP contribution in [0.2, 0.25) is 0 Å². The van der Waals surface area contributed by atoms with Crippen LogP contribution >= 0.6 is 0 Å². The highest BCUT2D eigenvalue weighted by Gasteiger charge is 2.12. The summed E-state index contributed by atoms with van der Waals surface area (Å²) in [5, 5.41) is 15.0. The zero-order valence-electron chi connectivity index (χ0n) is 16.1. The highest BCUT2D eigenvalue weighted by atomic mass is 16.5. The van der Waals surface area contributed by atoms with Crippen molar-refractivity contribution in [2.45, 2.75) is 0 Å². The number of anilines is 1. The van der Waals surface area contributed by atoms with Gasteiger partial charge < -0.3 is 20.1 Å². The maximum absolute atomic E-state index is 12.2. The number of carbonyl (C=O) groups excluding carboxylic acids is 1. The lowest BCUT2D eigenvalue weighted by molar-refractivity contribution is -0.117. The van der Waals surface area contributed by atoms with Gasteiger partial charge in [-0.15, -0.1) is 0 Å². The van der Waals surface area contributed by atoms with Crippen LogP contribution in [0.3, 0.4) is 0 Å². The van der Waals surface area contributed by atoms with E-state index in [0.717, 1.165) is 44.3 Å². The number of nitrogens with zero attached hydrogens (tertiary/aromatic N) is 2. The molecular weight excluding hydrogens is 368 g/mol. The molecule has 150 valence electrons. The van der Waals surface area contributed by atoms with Gasteiger partial charge in [0, 0.05) is 38.1 Å². The predicted octanol–water partition coefficient (Wildman–Crippen LogP) is 2.75. The fourth-order valence-corrected chi connectivity index (χ4v) is 2.80. The molecule has 0 saturated carbocycles. The second-order valence-corrected chi connectivity index (χ2v) is 6.46. The highest BCUT2D eigenvalue weighted by Crippen LogP contribution is 2.22. The van der Waals surface area contributed by atoms with Crippen LogP contribution in [0.15, 0.2) is 66.4 Å². The first kappa shape index (κ1) is 20.4. The Morgan fingerprint density at radius 2 is 1.79 bits per heavy atom. The smallest absolute Gasteiger partial charge is 0.263 e. The van der Waals surface area contributed by atoms with Crippen molar-refractivity contribution in [2.75, 3.05) is 44.7 Å². The fourth-order valence-electron chi connectivity index (χ4n) is 2.80. The topological polar surface area (TPSA) is 86.6 Å². The Kier molecular flexibility index (Phi) is 7.63. The molecule has 7 heteroatoms. The molecule has 0 aromatic heterocycles. The standard InChI is InChI=1S/C22H24N4O3/c23-16-18(22(27)24-10-11-26-12-14-28-15-13-26)17-25-19-6-8-21(9-7-19)29-20-4-2-1-3-5-20/h1-9,17,25H,10-15H2,(H,24,27)/b18-17-. The summed E-state index contributed by atoms with van der Waals surface area (Å²) in [6, 6.07) is 18.7. The van der Waals surface area contributed by atoms with Crippen molar-refractivity contribution in [3.8, 4) is 17.6 Å². The molecule has 0 spiro atoms. The van der Waals surface area contributed by atoms with E-state index in [9.17, 15) is 10.1 Å². The first-order chi connectivity index (χ1) is 14.2. The van der Waals surface area contributed by atoms with Crippen molar-refractivity contribution in [3.05, 3.63) is 66.4 Å². The molecule has 1 heterocycles. The first-order valence-corrected chi connectivity index (χ1v) is 9.52. The minimum absolute atomic E-state index is 0.0246. The molecule has 1 saturated heterocycles. The number of ether oxygens (including phenoxy) is 2. The Labute approximate surface area is 170 Å². The van der Waals surface area contributed by atoms with Crippen LogP contribution in [-0.2, 0) is 9.53 Å². The zero-order chi connectivity index (χ0) is 20.3. The van der Waals surface area contributed by atoms with Gasteiger partial charge in [-0.1, -0.05) is 18.2 Å². The second-order valence-electron chi connectivity index (χ2n) is 6.46. The Bertz CT molecular complexity index is 854. The third-order valence-electron chi connectivity index (χ3n) is 4.40. The first-order valence-electron chi connectivity index (χ1n) is 9.52. The highest BCUT2D eigenvalue weighted by molar-refractivity contribution is 5.97. The summed E-state index contributed by atoms with van der Waals surface area (Å²) in [5.74, 6) is 1.07. The number of nitriles is 1. The van der Waals surface area contributed by atoms with E-state index >= 15 is 0 Å².